The number of halogens is 6. The predicted molar refractivity (Wildman–Crippen MR) is 75.7 cm³/mol. The molecule has 0 aromatic heterocycles. The van der Waals surface area contributed by atoms with Gasteiger partial charge in [-0.3, -0.25) is 4.90 Å². The normalized spacial score (nSPS) is 18.9. The molecular formula is C14H16ClF5N2O. The molecule has 1 saturated heterocycles. The van der Waals surface area contributed by atoms with Gasteiger partial charge in [0.15, 0.2) is 0 Å². The van der Waals surface area contributed by atoms with Gasteiger partial charge in [-0.25, -0.2) is 8.78 Å². The molecule has 0 radical (unpaired) electrons. The Morgan fingerprint density at radius 2 is 1.74 bits per heavy atom. The Balaban J connectivity index is 2.48. The summed E-state index contributed by atoms with van der Waals surface area (Å²) in [6.07, 6.45) is -4.69. The van der Waals surface area contributed by atoms with E-state index in [1.165, 1.54) is 4.90 Å². The second kappa shape index (κ2) is 6.88. The lowest BCUT2D eigenvalue weighted by molar-refractivity contribution is -0.138. The molecule has 1 aliphatic heterocycles. The fourth-order valence-corrected chi connectivity index (χ4v) is 2.93. The molecule has 3 nitrogen and oxygen atoms in total. The van der Waals surface area contributed by atoms with Gasteiger partial charge in [0.05, 0.1) is 5.56 Å². The lowest BCUT2D eigenvalue weighted by atomic mass is 9.96. The van der Waals surface area contributed by atoms with Crippen molar-refractivity contribution in [2.75, 3.05) is 32.8 Å². The molecule has 0 amide bonds. The van der Waals surface area contributed by atoms with Gasteiger partial charge in [-0.15, -0.1) is 0 Å². The van der Waals surface area contributed by atoms with Gasteiger partial charge in [-0.2, -0.15) is 13.2 Å². The topological polar surface area (TPSA) is 35.5 Å². The van der Waals surface area contributed by atoms with E-state index in [4.69, 9.17) is 16.7 Å². The van der Waals surface area contributed by atoms with Crippen LogP contribution in [0.3, 0.4) is 0 Å². The summed E-state index contributed by atoms with van der Waals surface area (Å²) >= 11 is 5.69. The Hall–Kier alpha value is -0.960. The van der Waals surface area contributed by atoms with E-state index in [2.05, 4.69) is 5.32 Å². The van der Waals surface area contributed by atoms with Gasteiger partial charge >= 0.3 is 6.18 Å². The molecule has 1 fully saturated rings. The van der Waals surface area contributed by atoms with E-state index in [1.807, 2.05) is 0 Å². The van der Waals surface area contributed by atoms with E-state index >= 15 is 0 Å². The van der Waals surface area contributed by atoms with Gasteiger partial charge in [0.25, 0.3) is 5.92 Å². The first-order valence-electron chi connectivity index (χ1n) is 6.96. The third-order valence-corrected chi connectivity index (χ3v) is 3.91. The van der Waals surface area contributed by atoms with Gasteiger partial charge in [-0.05, 0) is 23.8 Å². The van der Waals surface area contributed by atoms with Gasteiger partial charge < -0.3 is 10.4 Å². The molecule has 23 heavy (non-hydrogen) atoms. The number of nitrogens with one attached hydrogen (secondary N) is 1. The van der Waals surface area contributed by atoms with Crippen molar-refractivity contribution in [1.29, 1.82) is 0 Å². The van der Waals surface area contributed by atoms with Crippen molar-refractivity contribution in [3.8, 4) is 0 Å². The van der Waals surface area contributed by atoms with E-state index in [1.54, 1.807) is 0 Å². The predicted octanol–water partition coefficient (Wildman–Crippen LogP) is 2.93. The maximum Gasteiger partial charge on any atom is 0.416 e. The summed E-state index contributed by atoms with van der Waals surface area (Å²) in [5.41, 5.74) is -1.35. The second-order valence-corrected chi connectivity index (χ2v) is 5.82. The molecule has 0 unspecified atom stereocenters. The highest BCUT2D eigenvalue weighted by molar-refractivity contribution is 6.30. The summed E-state index contributed by atoms with van der Waals surface area (Å²) in [6.45, 7) is -0.132. The number of rotatable bonds is 4. The quantitative estimate of drug-likeness (QED) is 0.812. The van der Waals surface area contributed by atoms with Crippen molar-refractivity contribution in [3.05, 3.63) is 34.3 Å². The van der Waals surface area contributed by atoms with Crippen LogP contribution in [-0.4, -0.2) is 48.7 Å². The zero-order valence-corrected chi connectivity index (χ0v) is 12.8. The van der Waals surface area contributed by atoms with Crippen LogP contribution in [0.5, 0.6) is 0 Å². The molecule has 2 N–H and O–H groups in total. The summed E-state index contributed by atoms with van der Waals surface area (Å²) < 4.78 is 67.2. The van der Waals surface area contributed by atoms with Crippen LogP contribution >= 0.6 is 11.6 Å². The molecular weight excluding hydrogens is 343 g/mol. The van der Waals surface area contributed by atoms with Crippen LogP contribution in [0.1, 0.15) is 17.2 Å². The summed E-state index contributed by atoms with van der Waals surface area (Å²) in [5.74, 6) is -3.59. The zero-order chi connectivity index (χ0) is 17.3. The number of hydrogen-bond donors (Lipinski definition) is 2. The molecule has 0 saturated carbocycles. The van der Waals surface area contributed by atoms with Crippen LogP contribution in [0.4, 0.5) is 22.0 Å². The number of benzene rings is 1. The Morgan fingerprint density at radius 1 is 1.13 bits per heavy atom. The van der Waals surface area contributed by atoms with Crippen molar-refractivity contribution < 1.29 is 27.1 Å². The molecule has 1 aromatic carbocycles. The molecule has 2 rings (SSSR count). The zero-order valence-electron chi connectivity index (χ0n) is 12.0. The summed E-state index contributed by atoms with van der Waals surface area (Å²) in [7, 11) is 0. The lowest BCUT2D eigenvalue weighted by Crippen LogP contribution is -2.51. The number of alkyl halides is 5. The van der Waals surface area contributed by atoms with E-state index in [-0.39, 0.29) is 23.7 Å². The Bertz CT molecular complexity index is 546. The van der Waals surface area contributed by atoms with E-state index in [9.17, 15) is 22.0 Å². The van der Waals surface area contributed by atoms with Crippen molar-refractivity contribution in [2.24, 2.45) is 0 Å². The highest BCUT2D eigenvalue weighted by Crippen LogP contribution is 2.40. The van der Waals surface area contributed by atoms with Gasteiger partial charge in [0.1, 0.15) is 12.6 Å². The highest BCUT2D eigenvalue weighted by Gasteiger charge is 2.45. The van der Waals surface area contributed by atoms with Crippen molar-refractivity contribution in [2.45, 2.75) is 18.1 Å². The maximum atomic E-state index is 14.2. The average Bonchev–Trinajstić information content (AvgIpc) is 2.47. The second-order valence-electron chi connectivity index (χ2n) is 5.38. The van der Waals surface area contributed by atoms with Gasteiger partial charge in [0.2, 0.25) is 0 Å². The lowest BCUT2D eigenvalue weighted by Gasteiger charge is -2.39. The highest BCUT2D eigenvalue weighted by atomic mass is 35.5. The van der Waals surface area contributed by atoms with E-state index in [0.717, 1.165) is 6.07 Å². The van der Waals surface area contributed by atoms with Crippen LogP contribution < -0.4 is 5.32 Å². The molecule has 0 spiro atoms. The van der Waals surface area contributed by atoms with Crippen LogP contribution in [0, 0.1) is 0 Å². The monoisotopic (exact) mass is 358 g/mol. The first-order chi connectivity index (χ1) is 10.6. The fraction of sp³-hybridized carbons (Fsp3) is 0.571. The third kappa shape index (κ3) is 4.32. The minimum Gasteiger partial charge on any atom is -0.390 e. The summed E-state index contributed by atoms with van der Waals surface area (Å²) in [5, 5.41) is 11.7. The molecule has 9 heteroatoms. The standard InChI is InChI=1S/C14H16ClF5N2O/c15-11-6-9(5-10(7-11)14(18,19)20)12(13(16,17)8-23)22-3-1-21-2-4-22/h5-7,12,21,23H,1-4,8H2/t12-/m0/s1. The van der Waals surface area contributed by atoms with Crippen molar-refractivity contribution >= 4 is 11.6 Å². The maximum absolute atomic E-state index is 14.2. The smallest absolute Gasteiger partial charge is 0.390 e. The van der Waals surface area contributed by atoms with Gasteiger partial charge in [0, 0.05) is 31.2 Å². The number of nitrogens with zero attached hydrogens (tertiary/aromatic N) is 1. The summed E-state index contributed by atoms with van der Waals surface area (Å²) in [6, 6.07) is 0.779. The van der Waals surface area contributed by atoms with Crippen molar-refractivity contribution in [3.63, 3.8) is 0 Å². The van der Waals surface area contributed by atoms with E-state index in [0.29, 0.717) is 25.2 Å². The third-order valence-electron chi connectivity index (χ3n) is 3.69. The largest absolute Gasteiger partial charge is 0.416 e. The Kier molecular flexibility index (Phi) is 5.50. The van der Waals surface area contributed by atoms with Crippen LogP contribution in [0.15, 0.2) is 18.2 Å². The minimum absolute atomic E-state index is 0.230. The number of piperazine rings is 1. The Labute approximate surface area is 135 Å². The Morgan fingerprint density at radius 3 is 2.26 bits per heavy atom. The molecule has 0 bridgehead atoms. The van der Waals surface area contributed by atoms with Crippen molar-refractivity contribution in [1.82, 2.24) is 10.2 Å². The fourth-order valence-electron chi connectivity index (χ4n) is 2.68. The first-order valence-corrected chi connectivity index (χ1v) is 7.34. The molecule has 1 heterocycles. The minimum atomic E-state index is -4.69. The molecule has 130 valence electrons. The van der Waals surface area contributed by atoms with Crippen LogP contribution in [0.2, 0.25) is 5.02 Å². The molecule has 0 aliphatic carbocycles. The van der Waals surface area contributed by atoms with Crippen LogP contribution in [0.25, 0.3) is 0 Å². The number of aliphatic hydroxyl groups excluding tert-OH is 1. The number of aliphatic hydroxyl groups is 1. The summed E-state index contributed by atoms with van der Waals surface area (Å²) in [4.78, 5) is 1.36. The average molecular weight is 359 g/mol. The van der Waals surface area contributed by atoms with Gasteiger partial charge in [-0.1, -0.05) is 11.6 Å². The van der Waals surface area contributed by atoms with Crippen LogP contribution in [-0.2, 0) is 6.18 Å². The molecule has 1 aliphatic rings. The molecule has 1 aromatic rings. The molecule has 1 atom stereocenters. The number of hydrogen-bond acceptors (Lipinski definition) is 3. The van der Waals surface area contributed by atoms with E-state index < -0.39 is 30.3 Å². The SMILES string of the molecule is OCC(F)(F)[C@H](c1cc(Cl)cc(C(F)(F)F)c1)N1CCNCC1. The first kappa shape index (κ1) is 18.4.